The van der Waals surface area contributed by atoms with Crippen LogP contribution in [0.15, 0.2) is 22.9 Å². The van der Waals surface area contributed by atoms with E-state index in [1.165, 1.54) is 6.20 Å². The van der Waals surface area contributed by atoms with Crippen LogP contribution in [-0.4, -0.2) is 21.4 Å². The van der Waals surface area contributed by atoms with Crippen molar-refractivity contribution in [3.05, 3.63) is 29.7 Å². The van der Waals surface area contributed by atoms with Crippen molar-refractivity contribution in [3.8, 4) is 11.6 Å². The third-order valence-electron chi connectivity index (χ3n) is 1.67. The molecule has 0 spiro atoms. The molecule has 0 aromatic carbocycles. The summed E-state index contributed by atoms with van der Waals surface area (Å²) in [5.41, 5.74) is 1.08. The second kappa shape index (κ2) is 3.37. The molecule has 0 saturated heterocycles. The minimum atomic E-state index is 0.361. The van der Waals surface area contributed by atoms with Crippen LogP contribution in [0, 0.1) is 6.92 Å². The zero-order valence-electron chi connectivity index (χ0n) is 7.47. The molecule has 0 amide bonds. The Hall–Kier alpha value is -2.04. The van der Waals surface area contributed by atoms with Gasteiger partial charge in [-0.05, 0) is 19.1 Å². The summed E-state index contributed by atoms with van der Waals surface area (Å²) in [5, 5.41) is 3.64. The maximum Gasteiger partial charge on any atom is 0.276 e. The van der Waals surface area contributed by atoms with Crippen LogP contribution in [-0.2, 0) is 0 Å². The van der Waals surface area contributed by atoms with Crippen molar-refractivity contribution in [2.24, 2.45) is 0 Å². The molecule has 0 fully saturated rings. The van der Waals surface area contributed by atoms with Crippen molar-refractivity contribution < 1.29 is 9.32 Å². The first-order chi connectivity index (χ1) is 6.79. The Morgan fingerprint density at radius 1 is 1.43 bits per heavy atom. The number of hydrogen-bond donors (Lipinski definition) is 0. The van der Waals surface area contributed by atoms with Crippen molar-refractivity contribution in [2.75, 3.05) is 0 Å². The number of carbonyl (C=O) groups is 1. The summed E-state index contributed by atoms with van der Waals surface area (Å²) in [7, 11) is 0. The lowest BCUT2D eigenvalue weighted by molar-refractivity contribution is 0.112. The second-order valence-electron chi connectivity index (χ2n) is 2.74. The van der Waals surface area contributed by atoms with Gasteiger partial charge in [0, 0.05) is 11.8 Å². The van der Waals surface area contributed by atoms with Gasteiger partial charge in [-0.3, -0.25) is 9.78 Å². The Morgan fingerprint density at radius 2 is 2.29 bits per heavy atom. The van der Waals surface area contributed by atoms with E-state index in [2.05, 4.69) is 15.1 Å². The van der Waals surface area contributed by atoms with E-state index in [4.69, 9.17) is 4.52 Å². The van der Waals surface area contributed by atoms with Gasteiger partial charge in [-0.15, -0.1) is 0 Å². The molecular formula is C9H7N3O2. The van der Waals surface area contributed by atoms with E-state index in [9.17, 15) is 4.79 Å². The van der Waals surface area contributed by atoms with Gasteiger partial charge in [0.05, 0.1) is 0 Å². The molecular weight excluding hydrogens is 182 g/mol. The van der Waals surface area contributed by atoms with Gasteiger partial charge in [-0.2, -0.15) is 4.98 Å². The summed E-state index contributed by atoms with van der Waals surface area (Å²) < 4.78 is 4.91. The molecule has 0 N–H and O–H groups in total. The normalized spacial score (nSPS) is 10.1. The number of rotatable bonds is 2. The van der Waals surface area contributed by atoms with Gasteiger partial charge in [0.1, 0.15) is 5.69 Å². The highest BCUT2D eigenvalue weighted by Gasteiger charge is 2.06. The number of pyridine rings is 1. The van der Waals surface area contributed by atoms with Crippen molar-refractivity contribution >= 4 is 6.29 Å². The van der Waals surface area contributed by atoms with Crippen molar-refractivity contribution in [1.29, 1.82) is 0 Å². The van der Waals surface area contributed by atoms with Crippen molar-refractivity contribution in [1.82, 2.24) is 15.1 Å². The van der Waals surface area contributed by atoms with Gasteiger partial charge in [0.2, 0.25) is 0 Å². The predicted octanol–water partition coefficient (Wildman–Crippen LogP) is 1.25. The Balaban J connectivity index is 2.38. The largest absolute Gasteiger partial charge is 0.332 e. The van der Waals surface area contributed by atoms with Gasteiger partial charge in [-0.1, -0.05) is 5.16 Å². The summed E-state index contributed by atoms with van der Waals surface area (Å²) in [6.07, 6.45) is 2.19. The molecule has 0 aliphatic carbocycles. The van der Waals surface area contributed by atoms with Crippen LogP contribution in [0.5, 0.6) is 0 Å². The van der Waals surface area contributed by atoms with Gasteiger partial charge >= 0.3 is 0 Å². The lowest BCUT2D eigenvalue weighted by Crippen LogP contribution is -1.86. The molecule has 5 nitrogen and oxygen atoms in total. The zero-order chi connectivity index (χ0) is 9.97. The SMILES string of the molecule is Cc1noc(-c2ccc(C=O)cn2)n1. The van der Waals surface area contributed by atoms with Gasteiger partial charge in [0.15, 0.2) is 12.1 Å². The second-order valence-corrected chi connectivity index (χ2v) is 2.74. The van der Waals surface area contributed by atoms with E-state index in [0.29, 0.717) is 23.0 Å². The number of hydrogen-bond acceptors (Lipinski definition) is 5. The summed E-state index contributed by atoms with van der Waals surface area (Å²) in [6, 6.07) is 3.31. The van der Waals surface area contributed by atoms with Crippen LogP contribution in [0.1, 0.15) is 16.2 Å². The molecule has 0 unspecified atom stereocenters. The first kappa shape index (κ1) is 8.55. The smallest absolute Gasteiger partial charge is 0.276 e. The molecule has 0 saturated carbocycles. The van der Waals surface area contributed by atoms with Crippen LogP contribution in [0.4, 0.5) is 0 Å². The van der Waals surface area contributed by atoms with Crippen LogP contribution in [0.25, 0.3) is 11.6 Å². The van der Waals surface area contributed by atoms with Gasteiger partial charge in [0.25, 0.3) is 5.89 Å². The lowest BCUT2D eigenvalue weighted by atomic mass is 10.3. The van der Waals surface area contributed by atoms with Crippen molar-refractivity contribution in [2.45, 2.75) is 6.92 Å². The van der Waals surface area contributed by atoms with E-state index in [-0.39, 0.29) is 0 Å². The Bertz CT molecular complexity index is 447. The Kier molecular flexibility index (Phi) is 2.06. The van der Waals surface area contributed by atoms with E-state index < -0.39 is 0 Å². The number of nitrogens with zero attached hydrogens (tertiary/aromatic N) is 3. The maximum atomic E-state index is 10.4. The summed E-state index contributed by atoms with van der Waals surface area (Å²) >= 11 is 0. The number of aromatic nitrogens is 3. The van der Waals surface area contributed by atoms with Crippen LogP contribution in [0.2, 0.25) is 0 Å². The highest BCUT2D eigenvalue weighted by atomic mass is 16.5. The first-order valence-electron chi connectivity index (χ1n) is 4.01. The van der Waals surface area contributed by atoms with E-state index in [1.807, 2.05) is 0 Å². The predicted molar refractivity (Wildman–Crippen MR) is 47.7 cm³/mol. The number of carbonyl (C=O) groups excluding carboxylic acids is 1. The molecule has 0 atom stereocenters. The standard InChI is InChI=1S/C9H7N3O2/c1-6-11-9(14-12-6)8-3-2-7(5-13)4-10-8/h2-5H,1H3. The topological polar surface area (TPSA) is 68.9 Å². The minimum absolute atomic E-state index is 0.361. The molecule has 0 bridgehead atoms. The molecule has 2 rings (SSSR count). The van der Waals surface area contributed by atoms with Gasteiger partial charge < -0.3 is 4.52 Å². The summed E-state index contributed by atoms with van der Waals surface area (Å²) in [4.78, 5) is 18.4. The van der Waals surface area contributed by atoms with Crippen LogP contribution >= 0.6 is 0 Å². The zero-order valence-corrected chi connectivity index (χ0v) is 7.47. The molecule has 5 heteroatoms. The fraction of sp³-hybridized carbons (Fsp3) is 0.111. The molecule has 14 heavy (non-hydrogen) atoms. The third kappa shape index (κ3) is 1.52. The lowest BCUT2D eigenvalue weighted by Gasteiger charge is -1.92. The number of aryl methyl sites for hydroxylation is 1. The molecule has 0 aliphatic rings. The summed E-state index contributed by atoms with van der Waals surface area (Å²) in [5.74, 6) is 0.918. The third-order valence-corrected chi connectivity index (χ3v) is 1.67. The minimum Gasteiger partial charge on any atom is -0.332 e. The summed E-state index contributed by atoms with van der Waals surface area (Å²) in [6.45, 7) is 1.73. The monoisotopic (exact) mass is 189 g/mol. The molecule has 0 aliphatic heterocycles. The van der Waals surface area contributed by atoms with Crippen LogP contribution < -0.4 is 0 Å². The van der Waals surface area contributed by atoms with Gasteiger partial charge in [-0.25, -0.2) is 0 Å². The molecule has 2 aromatic heterocycles. The average Bonchev–Trinajstić information content (AvgIpc) is 2.65. The number of aldehydes is 1. The fourth-order valence-electron chi connectivity index (χ4n) is 1.00. The van der Waals surface area contributed by atoms with Crippen LogP contribution in [0.3, 0.4) is 0 Å². The van der Waals surface area contributed by atoms with E-state index >= 15 is 0 Å². The van der Waals surface area contributed by atoms with Crippen molar-refractivity contribution in [3.63, 3.8) is 0 Å². The fourth-order valence-corrected chi connectivity index (χ4v) is 1.00. The van der Waals surface area contributed by atoms with E-state index in [1.54, 1.807) is 19.1 Å². The maximum absolute atomic E-state index is 10.4. The van der Waals surface area contributed by atoms with E-state index in [0.717, 1.165) is 6.29 Å². The molecule has 2 heterocycles. The quantitative estimate of drug-likeness (QED) is 0.665. The first-order valence-corrected chi connectivity index (χ1v) is 4.01. The molecule has 2 aromatic rings. The average molecular weight is 189 g/mol. The highest BCUT2D eigenvalue weighted by Crippen LogP contribution is 2.13. The molecule has 70 valence electrons. The highest BCUT2D eigenvalue weighted by molar-refractivity contribution is 5.74. The Morgan fingerprint density at radius 3 is 2.79 bits per heavy atom. The molecule has 0 radical (unpaired) electrons. The Labute approximate surface area is 79.8 Å².